The summed E-state index contributed by atoms with van der Waals surface area (Å²) in [5.41, 5.74) is 0. The van der Waals surface area contributed by atoms with Gasteiger partial charge in [-0.15, -0.1) is 0 Å². The zero-order chi connectivity index (χ0) is 14.7. The van der Waals surface area contributed by atoms with E-state index in [0.29, 0.717) is 29.9 Å². The molecule has 112 valence electrons. The zero-order valence-corrected chi connectivity index (χ0v) is 13.0. The standard InChI is InChI=1S/C14H25N5O/c1-8(2)20-14-18-12(15-5)17-13(19-14)16-11-7-6-9(3)10(11)4/h8-11H,6-7H2,1-5H3,(H2,15,16,17,18,19). The van der Waals surface area contributed by atoms with Gasteiger partial charge in [-0.05, 0) is 38.5 Å². The van der Waals surface area contributed by atoms with E-state index in [1.807, 2.05) is 13.8 Å². The van der Waals surface area contributed by atoms with Gasteiger partial charge < -0.3 is 15.4 Å². The molecule has 1 aromatic heterocycles. The first-order chi connectivity index (χ1) is 9.49. The molecule has 6 nitrogen and oxygen atoms in total. The van der Waals surface area contributed by atoms with Gasteiger partial charge in [0.05, 0.1) is 6.10 Å². The van der Waals surface area contributed by atoms with E-state index in [4.69, 9.17) is 4.74 Å². The molecule has 2 N–H and O–H groups in total. The number of ether oxygens (including phenoxy) is 1. The summed E-state index contributed by atoms with van der Waals surface area (Å²) in [6, 6.07) is 0.782. The second-order valence-corrected chi connectivity index (χ2v) is 5.85. The average Bonchev–Trinajstić information content (AvgIpc) is 2.69. The maximum atomic E-state index is 5.57. The lowest BCUT2D eigenvalue weighted by Gasteiger charge is -2.20. The summed E-state index contributed by atoms with van der Waals surface area (Å²) < 4.78 is 5.57. The minimum Gasteiger partial charge on any atom is -0.461 e. The monoisotopic (exact) mass is 279 g/mol. The molecule has 0 aromatic carbocycles. The molecule has 1 aliphatic rings. The van der Waals surface area contributed by atoms with Crippen LogP contribution in [0.5, 0.6) is 6.01 Å². The van der Waals surface area contributed by atoms with Crippen LogP contribution >= 0.6 is 0 Å². The van der Waals surface area contributed by atoms with Crippen molar-refractivity contribution < 1.29 is 4.74 Å². The van der Waals surface area contributed by atoms with E-state index in [0.717, 1.165) is 12.3 Å². The topological polar surface area (TPSA) is 72.0 Å². The molecule has 1 aromatic rings. The quantitative estimate of drug-likeness (QED) is 0.863. The molecule has 0 radical (unpaired) electrons. The first kappa shape index (κ1) is 14.8. The van der Waals surface area contributed by atoms with Crippen LogP contribution in [0.2, 0.25) is 0 Å². The fourth-order valence-electron chi connectivity index (χ4n) is 2.53. The van der Waals surface area contributed by atoms with Gasteiger partial charge in [0, 0.05) is 13.1 Å². The fraction of sp³-hybridized carbons (Fsp3) is 0.786. The van der Waals surface area contributed by atoms with Crippen molar-refractivity contribution in [1.82, 2.24) is 15.0 Å². The Hall–Kier alpha value is -1.59. The number of rotatable bonds is 5. The summed E-state index contributed by atoms with van der Waals surface area (Å²) in [7, 11) is 1.79. The summed E-state index contributed by atoms with van der Waals surface area (Å²) in [5, 5.41) is 6.37. The van der Waals surface area contributed by atoms with E-state index >= 15 is 0 Å². The molecule has 2 rings (SSSR count). The van der Waals surface area contributed by atoms with Crippen LogP contribution in [-0.4, -0.2) is 34.1 Å². The molecule has 3 atom stereocenters. The third-order valence-electron chi connectivity index (χ3n) is 3.96. The Labute approximate surface area is 120 Å². The third-order valence-corrected chi connectivity index (χ3v) is 3.96. The molecule has 1 fully saturated rings. The lowest BCUT2D eigenvalue weighted by molar-refractivity contribution is 0.222. The van der Waals surface area contributed by atoms with E-state index in [1.165, 1.54) is 6.42 Å². The van der Waals surface area contributed by atoms with Crippen LogP contribution in [0.3, 0.4) is 0 Å². The van der Waals surface area contributed by atoms with Crippen molar-refractivity contribution in [3.63, 3.8) is 0 Å². The summed E-state index contributed by atoms with van der Waals surface area (Å²) in [6.45, 7) is 8.49. The molecule has 20 heavy (non-hydrogen) atoms. The summed E-state index contributed by atoms with van der Waals surface area (Å²) in [4.78, 5) is 12.9. The fourth-order valence-corrected chi connectivity index (χ4v) is 2.53. The molecule has 6 heteroatoms. The molecule has 0 aliphatic heterocycles. The lowest BCUT2D eigenvalue weighted by Crippen LogP contribution is -2.25. The van der Waals surface area contributed by atoms with E-state index in [2.05, 4.69) is 39.4 Å². The highest BCUT2D eigenvalue weighted by atomic mass is 16.5. The Bertz CT molecular complexity index is 451. The van der Waals surface area contributed by atoms with Gasteiger partial charge in [0.25, 0.3) is 0 Å². The molecule has 1 aliphatic carbocycles. The Morgan fingerprint density at radius 2 is 1.80 bits per heavy atom. The van der Waals surface area contributed by atoms with Crippen LogP contribution in [0.15, 0.2) is 0 Å². The maximum absolute atomic E-state index is 5.57. The molecule has 0 spiro atoms. The smallest absolute Gasteiger partial charge is 0.323 e. The van der Waals surface area contributed by atoms with Crippen molar-refractivity contribution >= 4 is 11.9 Å². The van der Waals surface area contributed by atoms with Gasteiger partial charge in [0.15, 0.2) is 0 Å². The van der Waals surface area contributed by atoms with Gasteiger partial charge in [0.2, 0.25) is 11.9 Å². The van der Waals surface area contributed by atoms with Gasteiger partial charge >= 0.3 is 6.01 Å². The molecular formula is C14H25N5O. The summed E-state index contributed by atoms with van der Waals surface area (Å²) >= 11 is 0. The minimum atomic E-state index is 0.0420. The van der Waals surface area contributed by atoms with Crippen molar-refractivity contribution in [3.05, 3.63) is 0 Å². The highest BCUT2D eigenvalue weighted by Crippen LogP contribution is 2.32. The highest BCUT2D eigenvalue weighted by molar-refractivity contribution is 5.36. The van der Waals surface area contributed by atoms with E-state index in [-0.39, 0.29) is 6.10 Å². The minimum absolute atomic E-state index is 0.0420. The first-order valence-corrected chi connectivity index (χ1v) is 7.36. The van der Waals surface area contributed by atoms with Gasteiger partial charge in [-0.2, -0.15) is 15.0 Å². The van der Waals surface area contributed by atoms with Crippen molar-refractivity contribution in [1.29, 1.82) is 0 Å². The van der Waals surface area contributed by atoms with Crippen LogP contribution in [0.4, 0.5) is 11.9 Å². The van der Waals surface area contributed by atoms with Crippen molar-refractivity contribution in [2.75, 3.05) is 17.7 Å². The van der Waals surface area contributed by atoms with Gasteiger partial charge in [-0.3, -0.25) is 0 Å². The Kier molecular flexibility index (Phi) is 4.62. The molecule has 0 bridgehead atoms. The van der Waals surface area contributed by atoms with Crippen LogP contribution < -0.4 is 15.4 Å². The molecular weight excluding hydrogens is 254 g/mol. The SMILES string of the molecule is CNc1nc(NC2CCC(C)C2C)nc(OC(C)C)n1. The molecule has 0 saturated heterocycles. The zero-order valence-electron chi connectivity index (χ0n) is 13.0. The largest absolute Gasteiger partial charge is 0.461 e. The van der Waals surface area contributed by atoms with Crippen LogP contribution in [0, 0.1) is 11.8 Å². The van der Waals surface area contributed by atoms with Crippen molar-refractivity contribution in [2.45, 2.75) is 52.7 Å². The summed E-state index contributed by atoms with van der Waals surface area (Å²) in [6.07, 6.45) is 2.45. The van der Waals surface area contributed by atoms with Crippen molar-refractivity contribution in [2.24, 2.45) is 11.8 Å². The van der Waals surface area contributed by atoms with E-state index in [9.17, 15) is 0 Å². The Morgan fingerprint density at radius 1 is 1.10 bits per heavy atom. The number of hydrogen-bond acceptors (Lipinski definition) is 6. The number of hydrogen-bond donors (Lipinski definition) is 2. The highest BCUT2D eigenvalue weighted by Gasteiger charge is 2.30. The predicted molar refractivity (Wildman–Crippen MR) is 80.1 cm³/mol. The maximum Gasteiger partial charge on any atom is 0.323 e. The number of nitrogens with one attached hydrogen (secondary N) is 2. The summed E-state index contributed by atoms with van der Waals surface area (Å²) in [5.74, 6) is 2.48. The Morgan fingerprint density at radius 3 is 2.35 bits per heavy atom. The van der Waals surface area contributed by atoms with Gasteiger partial charge in [0.1, 0.15) is 0 Å². The van der Waals surface area contributed by atoms with Crippen LogP contribution in [-0.2, 0) is 0 Å². The van der Waals surface area contributed by atoms with Crippen molar-refractivity contribution in [3.8, 4) is 6.01 Å². The van der Waals surface area contributed by atoms with Crippen LogP contribution in [0.1, 0.15) is 40.5 Å². The normalized spacial score (nSPS) is 25.8. The van der Waals surface area contributed by atoms with E-state index in [1.54, 1.807) is 7.05 Å². The number of nitrogens with zero attached hydrogens (tertiary/aromatic N) is 3. The Balaban J connectivity index is 2.14. The third kappa shape index (κ3) is 3.49. The lowest BCUT2D eigenvalue weighted by atomic mass is 9.98. The van der Waals surface area contributed by atoms with Gasteiger partial charge in [-0.1, -0.05) is 13.8 Å². The molecule has 0 amide bonds. The average molecular weight is 279 g/mol. The van der Waals surface area contributed by atoms with Gasteiger partial charge in [-0.25, -0.2) is 0 Å². The number of aromatic nitrogens is 3. The molecule has 1 saturated carbocycles. The second kappa shape index (κ2) is 6.24. The molecule has 1 heterocycles. The van der Waals surface area contributed by atoms with E-state index < -0.39 is 0 Å². The first-order valence-electron chi connectivity index (χ1n) is 7.36. The van der Waals surface area contributed by atoms with Crippen LogP contribution in [0.25, 0.3) is 0 Å². The second-order valence-electron chi connectivity index (χ2n) is 5.85. The number of anilines is 2. The predicted octanol–water partition coefficient (Wildman–Crippen LogP) is 2.55. The molecule has 3 unspecified atom stereocenters.